The van der Waals surface area contributed by atoms with Crippen LogP contribution in [0.25, 0.3) is 49.7 Å². The zero-order chi connectivity index (χ0) is 50.6. The van der Waals surface area contributed by atoms with Crippen LogP contribution >= 0.6 is 0 Å². The molecule has 0 amide bonds. The van der Waals surface area contributed by atoms with E-state index in [0.29, 0.717) is 0 Å². The molecule has 3 nitrogen and oxygen atoms in total. The largest absolute Gasteiger partial charge is 0.311 e. The average molecular weight is 946 g/mol. The Morgan fingerprint density at radius 1 is 0.411 bits per heavy atom. The van der Waals surface area contributed by atoms with Crippen molar-refractivity contribution in [3.05, 3.63) is 214 Å². The second-order valence-electron chi connectivity index (χ2n) is 24.1. The van der Waals surface area contributed by atoms with Crippen molar-refractivity contribution < 1.29 is 0 Å². The molecule has 0 saturated carbocycles. The lowest BCUT2D eigenvalue weighted by Gasteiger charge is -2.46. The highest BCUT2D eigenvalue weighted by atomic mass is 15.2. The predicted molar refractivity (Wildman–Crippen MR) is 314 cm³/mol. The van der Waals surface area contributed by atoms with Crippen molar-refractivity contribution in [1.29, 1.82) is 0 Å². The Morgan fingerprint density at radius 2 is 1.03 bits per heavy atom. The van der Waals surface area contributed by atoms with Crippen molar-refractivity contribution in [2.75, 3.05) is 9.80 Å². The lowest BCUT2D eigenvalue weighted by atomic mass is 9.33. The molecule has 4 heteroatoms. The molecule has 13 rings (SSSR count). The maximum Gasteiger partial charge on any atom is 0.252 e. The third kappa shape index (κ3) is 6.65. The molecule has 2 aliphatic heterocycles. The van der Waals surface area contributed by atoms with Crippen LogP contribution in [0.3, 0.4) is 0 Å². The van der Waals surface area contributed by atoms with E-state index in [0.717, 1.165) is 0 Å². The van der Waals surface area contributed by atoms with Gasteiger partial charge in [-0.05, 0) is 176 Å². The van der Waals surface area contributed by atoms with Crippen LogP contribution in [-0.4, -0.2) is 11.3 Å². The van der Waals surface area contributed by atoms with Gasteiger partial charge in [0.1, 0.15) is 0 Å². The Balaban J connectivity index is 1.17. The summed E-state index contributed by atoms with van der Waals surface area (Å²) in [6, 6.07) is 65.5. The Kier molecular flexibility index (Phi) is 9.76. The van der Waals surface area contributed by atoms with Gasteiger partial charge < -0.3 is 14.4 Å². The summed E-state index contributed by atoms with van der Waals surface area (Å²) in [7, 11) is 0. The molecule has 358 valence electrons. The molecule has 0 bridgehead atoms. The third-order valence-corrected chi connectivity index (χ3v) is 16.9. The van der Waals surface area contributed by atoms with Crippen LogP contribution in [0, 0.1) is 27.7 Å². The molecule has 9 aromatic carbocycles. The zero-order valence-electron chi connectivity index (χ0n) is 44.6. The Labute approximate surface area is 432 Å². The molecule has 73 heavy (non-hydrogen) atoms. The number of fused-ring (bicyclic) bond motifs is 10. The highest BCUT2D eigenvalue weighted by Crippen LogP contribution is 2.53. The van der Waals surface area contributed by atoms with Gasteiger partial charge in [-0.15, -0.1) is 0 Å². The first-order valence-corrected chi connectivity index (χ1v) is 26.4. The van der Waals surface area contributed by atoms with Gasteiger partial charge in [-0.1, -0.05) is 171 Å². The monoisotopic (exact) mass is 946 g/mol. The van der Waals surface area contributed by atoms with Gasteiger partial charge in [0.2, 0.25) is 0 Å². The van der Waals surface area contributed by atoms with E-state index in [1.807, 2.05) is 0 Å². The lowest BCUT2D eigenvalue weighted by Crippen LogP contribution is -2.61. The van der Waals surface area contributed by atoms with Gasteiger partial charge in [0.15, 0.2) is 0 Å². The van der Waals surface area contributed by atoms with Gasteiger partial charge in [0, 0.05) is 44.6 Å². The first-order valence-electron chi connectivity index (χ1n) is 26.4. The van der Waals surface area contributed by atoms with E-state index in [1.165, 1.54) is 145 Å². The maximum absolute atomic E-state index is 2.68. The summed E-state index contributed by atoms with van der Waals surface area (Å²) in [5, 5.41) is 2.54. The van der Waals surface area contributed by atoms with E-state index in [4.69, 9.17) is 0 Å². The van der Waals surface area contributed by atoms with Crippen molar-refractivity contribution in [2.24, 2.45) is 0 Å². The molecular weight excluding hydrogens is 882 g/mol. The Bertz CT molecular complexity index is 3920. The van der Waals surface area contributed by atoms with E-state index in [2.05, 4.69) is 267 Å². The number of para-hydroxylation sites is 2. The summed E-state index contributed by atoms with van der Waals surface area (Å²) in [6.07, 6.45) is 0. The van der Waals surface area contributed by atoms with E-state index >= 15 is 0 Å². The zero-order valence-corrected chi connectivity index (χ0v) is 44.6. The van der Waals surface area contributed by atoms with Crippen molar-refractivity contribution in [1.82, 2.24) is 4.57 Å². The number of rotatable bonds is 4. The number of nitrogens with zero attached hydrogens (tertiary/aromatic N) is 3. The summed E-state index contributed by atoms with van der Waals surface area (Å²) in [6.45, 7) is 28.1. The first kappa shape index (κ1) is 45.3. The normalized spacial score (nSPS) is 14.3. The minimum atomic E-state index is -0.159. The average Bonchev–Trinajstić information content (AvgIpc) is 3.79. The SMILES string of the molecule is Cc1cc(-c2ccccc2)cc(C)c1N1c2cc3c(cc2B2c4ccc(C(C)(C)C)cc4N(c4ccc5c(c4)C(C)(C)c4ccccc4-5)c4cc(C(C)(C)C)cc1c42)c1ccccc1n3-c1c(C)cccc1C. The van der Waals surface area contributed by atoms with Crippen LogP contribution in [0.1, 0.15) is 99.9 Å². The predicted octanol–water partition coefficient (Wildman–Crippen LogP) is 16.7. The fourth-order valence-corrected chi connectivity index (χ4v) is 13.2. The van der Waals surface area contributed by atoms with E-state index in [9.17, 15) is 0 Å². The van der Waals surface area contributed by atoms with Crippen LogP contribution in [0.5, 0.6) is 0 Å². The van der Waals surface area contributed by atoms with E-state index in [1.54, 1.807) is 0 Å². The lowest BCUT2D eigenvalue weighted by molar-refractivity contribution is 0.590. The van der Waals surface area contributed by atoms with Crippen LogP contribution in [0.4, 0.5) is 34.1 Å². The Hall–Kier alpha value is -7.56. The summed E-state index contributed by atoms with van der Waals surface area (Å²) in [4.78, 5) is 5.34. The highest BCUT2D eigenvalue weighted by molar-refractivity contribution is 7.00. The third-order valence-electron chi connectivity index (χ3n) is 16.9. The minimum Gasteiger partial charge on any atom is -0.311 e. The van der Waals surface area contributed by atoms with Crippen molar-refractivity contribution >= 4 is 79.0 Å². The number of benzene rings is 9. The summed E-state index contributed by atoms with van der Waals surface area (Å²) >= 11 is 0. The molecule has 0 atom stereocenters. The second kappa shape index (κ2) is 15.7. The summed E-state index contributed by atoms with van der Waals surface area (Å²) in [5.41, 5.74) is 30.3. The quantitative estimate of drug-likeness (QED) is 0.163. The number of aryl methyl sites for hydroxylation is 4. The second-order valence-corrected chi connectivity index (χ2v) is 24.1. The van der Waals surface area contributed by atoms with Crippen molar-refractivity contribution in [2.45, 2.75) is 99.3 Å². The van der Waals surface area contributed by atoms with Crippen LogP contribution in [0.2, 0.25) is 0 Å². The van der Waals surface area contributed by atoms with Gasteiger partial charge in [-0.2, -0.15) is 0 Å². The fraction of sp³-hybridized carbons (Fsp3) is 0.217. The molecule has 0 saturated heterocycles. The molecule has 1 aliphatic carbocycles. The minimum absolute atomic E-state index is 0.0448. The van der Waals surface area contributed by atoms with Crippen molar-refractivity contribution in [3.8, 4) is 27.9 Å². The topological polar surface area (TPSA) is 11.4 Å². The first-order chi connectivity index (χ1) is 34.9. The smallest absolute Gasteiger partial charge is 0.252 e. The van der Waals surface area contributed by atoms with Crippen LogP contribution in [0.15, 0.2) is 170 Å². The molecule has 0 fully saturated rings. The molecule has 10 aromatic rings. The van der Waals surface area contributed by atoms with Gasteiger partial charge in [0.25, 0.3) is 6.71 Å². The number of hydrogen-bond donors (Lipinski definition) is 0. The number of hydrogen-bond acceptors (Lipinski definition) is 2. The highest BCUT2D eigenvalue weighted by Gasteiger charge is 2.46. The van der Waals surface area contributed by atoms with Crippen molar-refractivity contribution in [3.63, 3.8) is 0 Å². The van der Waals surface area contributed by atoms with Gasteiger partial charge >= 0.3 is 0 Å². The van der Waals surface area contributed by atoms with Crippen LogP contribution in [-0.2, 0) is 16.2 Å². The summed E-state index contributed by atoms with van der Waals surface area (Å²) in [5.74, 6) is 0. The maximum atomic E-state index is 2.68. The summed E-state index contributed by atoms with van der Waals surface area (Å²) < 4.78 is 2.55. The van der Waals surface area contributed by atoms with Gasteiger partial charge in [-0.3, -0.25) is 0 Å². The molecule has 0 unspecified atom stereocenters. The van der Waals surface area contributed by atoms with Crippen LogP contribution < -0.4 is 26.2 Å². The molecule has 3 aliphatic rings. The van der Waals surface area contributed by atoms with Gasteiger partial charge in [0.05, 0.1) is 22.4 Å². The molecular formula is C69H64BN3. The number of anilines is 6. The standard InChI is InChI=1S/C69H64BN3/c1-41-21-20-22-42(2)65(41)72-58-28-19-17-26-52(58)53-39-57-61(40-59(53)72)73(66-43(3)33-46(34-44(66)4)45-23-14-13-15-24-45)63-37-48(68(8,9)10)36-62-64(63)70(57)56-32-29-47(67(5,6)7)35-60(56)71(62)49-30-31-51-50-25-16-18-27-54(50)69(11,12)55(51)38-49/h13-40H,1-12H3. The number of aromatic nitrogens is 1. The molecule has 3 heterocycles. The Morgan fingerprint density at radius 3 is 1.74 bits per heavy atom. The molecule has 0 spiro atoms. The molecule has 0 N–H and O–H groups in total. The van der Waals surface area contributed by atoms with E-state index in [-0.39, 0.29) is 23.0 Å². The molecule has 0 radical (unpaired) electrons. The fourth-order valence-electron chi connectivity index (χ4n) is 13.2. The van der Waals surface area contributed by atoms with E-state index < -0.39 is 0 Å². The molecule has 1 aromatic heterocycles. The van der Waals surface area contributed by atoms with Gasteiger partial charge in [-0.25, -0.2) is 0 Å².